The quantitative estimate of drug-likeness (QED) is 0.611. The lowest BCUT2D eigenvalue weighted by molar-refractivity contribution is 1.04. The number of fused-ring (bicyclic) bond motifs is 1. The fourth-order valence-corrected chi connectivity index (χ4v) is 1.34. The molecule has 0 fully saturated rings. The molecule has 2 heterocycles. The summed E-state index contributed by atoms with van der Waals surface area (Å²) in [6.45, 7) is 1.59. The molecule has 0 radical (unpaired) electrons. The molecular formula is C8H11N3. The van der Waals surface area contributed by atoms with Gasteiger partial charge in [-0.05, 0) is 23.6 Å². The van der Waals surface area contributed by atoms with Gasteiger partial charge in [0.15, 0.2) is 0 Å². The van der Waals surface area contributed by atoms with Crippen molar-refractivity contribution in [1.82, 2.24) is 4.98 Å². The maximum Gasteiger partial charge on any atom is 0.129 e. The number of nitrogens with two attached hydrogens (primary N) is 1. The number of hydrogen-bond acceptors (Lipinski definition) is 3. The highest BCUT2D eigenvalue weighted by atomic mass is 15.0. The lowest BCUT2D eigenvalue weighted by Crippen LogP contribution is -1.98. The van der Waals surface area contributed by atoms with E-state index in [4.69, 9.17) is 5.73 Å². The van der Waals surface area contributed by atoms with Gasteiger partial charge in [-0.1, -0.05) is 0 Å². The van der Waals surface area contributed by atoms with Gasteiger partial charge in [0.2, 0.25) is 0 Å². The van der Waals surface area contributed by atoms with Gasteiger partial charge in [-0.25, -0.2) is 4.98 Å². The Kier molecular flexibility index (Phi) is 1.51. The molecule has 0 bridgehead atoms. The minimum absolute atomic E-state index is 0.584. The first-order chi connectivity index (χ1) is 5.40. The lowest BCUT2D eigenvalue weighted by atomic mass is 10.2. The Hall–Kier alpha value is -1.09. The Bertz CT molecular complexity index is 270. The average Bonchev–Trinajstić information content (AvgIpc) is 2.50. The lowest BCUT2D eigenvalue weighted by Gasteiger charge is -1.99. The standard InChI is InChI=1S/C8H11N3/c9-4-6-3-7-1-2-10-8(7)11-5-6/h3,5H,1-2,4,9H2,(H,10,11). The van der Waals surface area contributed by atoms with Crippen molar-refractivity contribution in [2.75, 3.05) is 11.9 Å². The molecule has 1 aliphatic heterocycles. The molecule has 0 aromatic carbocycles. The molecule has 1 aromatic rings. The van der Waals surface area contributed by atoms with Gasteiger partial charge in [0.05, 0.1) is 0 Å². The first-order valence-corrected chi connectivity index (χ1v) is 3.82. The Labute approximate surface area is 65.6 Å². The summed E-state index contributed by atoms with van der Waals surface area (Å²) in [5.41, 5.74) is 7.90. The summed E-state index contributed by atoms with van der Waals surface area (Å²) in [6.07, 6.45) is 2.91. The molecule has 2 rings (SSSR count). The summed E-state index contributed by atoms with van der Waals surface area (Å²) in [4.78, 5) is 4.24. The Morgan fingerprint density at radius 1 is 1.64 bits per heavy atom. The topological polar surface area (TPSA) is 50.9 Å². The monoisotopic (exact) mass is 149 g/mol. The van der Waals surface area contributed by atoms with Crippen LogP contribution in [0.1, 0.15) is 11.1 Å². The number of rotatable bonds is 1. The van der Waals surface area contributed by atoms with Gasteiger partial charge in [-0.2, -0.15) is 0 Å². The van der Waals surface area contributed by atoms with E-state index in [0.29, 0.717) is 6.54 Å². The van der Waals surface area contributed by atoms with Gasteiger partial charge in [-0.15, -0.1) is 0 Å². The van der Waals surface area contributed by atoms with Crippen molar-refractivity contribution in [3.63, 3.8) is 0 Å². The smallest absolute Gasteiger partial charge is 0.129 e. The minimum atomic E-state index is 0.584. The van der Waals surface area contributed by atoms with Crippen LogP contribution < -0.4 is 11.1 Å². The van der Waals surface area contributed by atoms with E-state index in [2.05, 4.69) is 16.4 Å². The molecule has 1 aromatic heterocycles. The predicted octanol–water partition coefficient (Wildman–Crippen LogP) is 0.508. The van der Waals surface area contributed by atoms with Crippen LogP contribution in [0, 0.1) is 0 Å². The van der Waals surface area contributed by atoms with Crippen molar-refractivity contribution >= 4 is 5.82 Å². The summed E-state index contributed by atoms with van der Waals surface area (Å²) >= 11 is 0. The fourth-order valence-electron chi connectivity index (χ4n) is 1.34. The third kappa shape index (κ3) is 1.07. The van der Waals surface area contributed by atoms with Crippen LogP contribution in [0.5, 0.6) is 0 Å². The zero-order chi connectivity index (χ0) is 7.68. The third-order valence-corrected chi connectivity index (χ3v) is 1.95. The van der Waals surface area contributed by atoms with Gasteiger partial charge < -0.3 is 11.1 Å². The van der Waals surface area contributed by atoms with Gasteiger partial charge in [0.1, 0.15) is 5.82 Å². The van der Waals surface area contributed by atoms with E-state index in [9.17, 15) is 0 Å². The van der Waals surface area contributed by atoms with E-state index in [-0.39, 0.29) is 0 Å². The zero-order valence-corrected chi connectivity index (χ0v) is 6.30. The molecule has 0 atom stereocenters. The summed E-state index contributed by atoms with van der Waals surface area (Å²) < 4.78 is 0. The van der Waals surface area contributed by atoms with Gasteiger partial charge in [-0.3, -0.25) is 0 Å². The molecule has 3 nitrogen and oxygen atoms in total. The summed E-state index contributed by atoms with van der Waals surface area (Å²) in [5.74, 6) is 1.03. The van der Waals surface area contributed by atoms with Gasteiger partial charge >= 0.3 is 0 Å². The molecule has 1 aliphatic rings. The van der Waals surface area contributed by atoms with E-state index in [1.54, 1.807) is 0 Å². The van der Waals surface area contributed by atoms with E-state index in [1.807, 2.05) is 6.20 Å². The third-order valence-electron chi connectivity index (χ3n) is 1.95. The Morgan fingerprint density at radius 2 is 2.55 bits per heavy atom. The molecule has 0 aliphatic carbocycles. The summed E-state index contributed by atoms with van der Waals surface area (Å²) in [5, 5.41) is 3.20. The molecule has 3 heteroatoms. The average molecular weight is 149 g/mol. The van der Waals surface area contributed by atoms with Gasteiger partial charge in [0, 0.05) is 19.3 Å². The number of nitrogens with one attached hydrogen (secondary N) is 1. The molecule has 11 heavy (non-hydrogen) atoms. The molecule has 0 amide bonds. The molecule has 0 saturated carbocycles. The highest BCUT2D eigenvalue weighted by Gasteiger charge is 2.10. The highest BCUT2D eigenvalue weighted by Crippen LogP contribution is 2.19. The second kappa shape index (κ2) is 2.51. The molecular weight excluding hydrogens is 138 g/mol. The first-order valence-electron chi connectivity index (χ1n) is 3.82. The number of nitrogens with zero attached hydrogens (tertiary/aromatic N) is 1. The SMILES string of the molecule is NCc1cnc2c(c1)CCN2. The van der Waals surface area contributed by atoms with Crippen LogP contribution >= 0.6 is 0 Å². The highest BCUT2D eigenvalue weighted by molar-refractivity contribution is 5.49. The van der Waals surface area contributed by atoms with E-state index >= 15 is 0 Å². The first kappa shape index (κ1) is 6.61. The van der Waals surface area contributed by atoms with Crippen molar-refractivity contribution in [1.29, 1.82) is 0 Å². The number of anilines is 1. The van der Waals surface area contributed by atoms with Crippen molar-refractivity contribution < 1.29 is 0 Å². The Balaban J connectivity index is 2.41. The second-order valence-corrected chi connectivity index (χ2v) is 2.73. The van der Waals surface area contributed by atoms with Crippen LogP contribution in [-0.2, 0) is 13.0 Å². The van der Waals surface area contributed by atoms with Crippen molar-refractivity contribution in [3.05, 3.63) is 23.4 Å². The van der Waals surface area contributed by atoms with Crippen LogP contribution in [0.4, 0.5) is 5.82 Å². The van der Waals surface area contributed by atoms with E-state index in [1.165, 1.54) is 5.56 Å². The van der Waals surface area contributed by atoms with Crippen LogP contribution in [0.15, 0.2) is 12.3 Å². The van der Waals surface area contributed by atoms with Crippen molar-refractivity contribution in [2.45, 2.75) is 13.0 Å². The van der Waals surface area contributed by atoms with Crippen LogP contribution in [0.3, 0.4) is 0 Å². The number of aromatic nitrogens is 1. The number of hydrogen-bond donors (Lipinski definition) is 2. The molecule has 0 unspecified atom stereocenters. The zero-order valence-electron chi connectivity index (χ0n) is 6.30. The summed E-state index contributed by atoms with van der Waals surface area (Å²) in [6, 6.07) is 2.13. The van der Waals surface area contributed by atoms with Crippen molar-refractivity contribution in [3.8, 4) is 0 Å². The Morgan fingerprint density at radius 3 is 3.36 bits per heavy atom. The number of pyridine rings is 1. The van der Waals surface area contributed by atoms with E-state index < -0.39 is 0 Å². The van der Waals surface area contributed by atoms with E-state index in [0.717, 1.165) is 24.3 Å². The van der Waals surface area contributed by atoms with Gasteiger partial charge in [0.25, 0.3) is 0 Å². The molecule has 0 saturated heterocycles. The maximum atomic E-state index is 5.48. The van der Waals surface area contributed by atoms with Crippen molar-refractivity contribution in [2.24, 2.45) is 5.73 Å². The normalized spacial score (nSPS) is 14.3. The van der Waals surface area contributed by atoms with Crippen LogP contribution in [-0.4, -0.2) is 11.5 Å². The van der Waals surface area contributed by atoms with Crippen LogP contribution in [0.25, 0.3) is 0 Å². The second-order valence-electron chi connectivity index (χ2n) is 2.73. The fraction of sp³-hybridized carbons (Fsp3) is 0.375. The molecule has 58 valence electrons. The molecule has 3 N–H and O–H groups in total. The summed E-state index contributed by atoms with van der Waals surface area (Å²) in [7, 11) is 0. The minimum Gasteiger partial charge on any atom is -0.370 e. The van der Waals surface area contributed by atoms with Crippen LogP contribution in [0.2, 0.25) is 0 Å². The predicted molar refractivity (Wildman–Crippen MR) is 44.3 cm³/mol. The largest absolute Gasteiger partial charge is 0.370 e. The maximum absolute atomic E-state index is 5.48. The molecule has 0 spiro atoms.